The van der Waals surface area contributed by atoms with Crippen LogP contribution in [0.4, 0.5) is 0 Å². The van der Waals surface area contributed by atoms with E-state index in [2.05, 4.69) is 5.32 Å². The summed E-state index contributed by atoms with van der Waals surface area (Å²) in [6.07, 6.45) is 0.577. The van der Waals surface area contributed by atoms with Crippen molar-refractivity contribution in [2.24, 2.45) is 5.14 Å². The Morgan fingerprint density at radius 1 is 1.29 bits per heavy atom. The van der Waals surface area contributed by atoms with Crippen LogP contribution in [0, 0.1) is 0 Å². The van der Waals surface area contributed by atoms with E-state index in [1.807, 2.05) is 0 Å². The Morgan fingerprint density at radius 2 is 1.86 bits per heavy atom. The first kappa shape index (κ1) is 10.7. The molecule has 0 unspecified atom stereocenters. The maximum Gasteiger partial charge on any atom is 0.238 e. The number of amides is 1. The van der Waals surface area contributed by atoms with Crippen molar-refractivity contribution in [1.82, 2.24) is 5.32 Å². The van der Waals surface area contributed by atoms with Gasteiger partial charge in [0.25, 0.3) is 0 Å². The van der Waals surface area contributed by atoms with Crippen LogP contribution >= 0.6 is 0 Å². The van der Waals surface area contributed by atoms with Gasteiger partial charge in [-0.15, -0.1) is 0 Å². The van der Waals surface area contributed by atoms with Crippen LogP contribution in [0.25, 0.3) is 0 Å². The lowest BCUT2D eigenvalue weighted by atomic mass is 10.2. The topological polar surface area (TPSA) is 89.3 Å². The Hall–Kier alpha value is -1.40. The first-order chi connectivity index (χ1) is 6.54. The molecular weight excluding hydrogens is 204 g/mol. The van der Waals surface area contributed by atoms with Gasteiger partial charge in [-0.05, 0) is 17.7 Å². The minimum atomic E-state index is -3.63. The van der Waals surface area contributed by atoms with E-state index in [1.54, 1.807) is 12.1 Å². The summed E-state index contributed by atoms with van der Waals surface area (Å²) in [5.41, 5.74) is 0.810. The average molecular weight is 214 g/mol. The van der Waals surface area contributed by atoms with E-state index in [4.69, 9.17) is 5.14 Å². The van der Waals surface area contributed by atoms with Gasteiger partial charge in [0.15, 0.2) is 0 Å². The average Bonchev–Trinajstić information content (AvgIpc) is 2.14. The fourth-order valence-electron chi connectivity index (χ4n) is 0.957. The molecule has 6 heteroatoms. The fraction of sp³-hybridized carbons (Fsp3) is 0.125. The maximum absolute atomic E-state index is 10.9. The summed E-state index contributed by atoms with van der Waals surface area (Å²) in [7, 11) is -3.63. The summed E-state index contributed by atoms with van der Waals surface area (Å²) in [5.74, 6) is 0. The number of primary sulfonamides is 1. The number of benzene rings is 1. The van der Waals surface area contributed by atoms with Crippen LogP contribution in [0.3, 0.4) is 0 Å². The Morgan fingerprint density at radius 3 is 2.29 bits per heavy atom. The third-order valence-electron chi connectivity index (χ3n) is 1.64. The van der Waals surface area contributed by atoms with Crippen LogP contribution in [0.5, 0.6) is 0 Å². The highest BCUT2D eigenvalue weighted by Gasteiger charge is 2.05. The van der Waals surface area contributed by atoms with Crippen LogP contribution < -0.4 is 10.5 Å². The molecule has 0 aromatic heterocycles. The van der Waals surface area contributed by atoms with Gasteiger partial charge in [-0.2, -0.15) is 0 Å². The van der Waals surface area contributed by atoms with Gasteiger partial charge in [0.1, 0.15) is 0 Å². The van der Waals surface area contributed by atoms with Crippen LogP contribution in [0.2, 0.25) is 0 Å². The quantitative estimate of drug-likeness (QED) is 0.667. The summed E-state index contributed by atoms with van der Waals surface area (Å²) in [6.45, 7) is 0.369. The summed E-state index contributed by atoms with van der Waals surface area (Å²) in [4.78, 5) is 10.0. The zero-order valence-corrected chi connectivity index (χ0v) is 8.12. The third-order valence-corrected chi connectivity index (χ3v) is 2.57. The molecule has 1 aromatic rings. The van der Waals surface area contributed by atoms with Gasteiger partial charge in [0.2, 0.25) is 16.4 Å². The molecule has 0 spiro atoms. The van der Waals surface area contributed by atoms with Crippen molar-refractivity contribution in [3.63, 3.8) is 0 Å². The Balaban J connectivity index is 2.84. The molecule has 0 saturated heterocycles. The number of carbonyl (C=O) groups excluding carboxylic acids is 1. The van der Waals surface area contributed by atoms with Crippen molar-refractivity contribution < 1.29 is 13.2 Å². The summed E-state index contributed by atoms with van der Waals surface area (Å²) < 4.78 is 21.7. The molecule has 0 fully saturated rings. The minimum absolute atomic E-state index is 0.0624. The molecule has 76 valence electrons. The van der Waals surface area contributed by atoms with Gasteiger partial charge < -0.3 is 5.32 Å². The van der Waals surface area contributed by atoms with E-state index in [0.717, 1.165) is 5.56 Å². The zero-order chi connectivity index (χ0) is 10.6. The van der Waals surface area contributed by atoms with E-state index < -0.39 is 10.0 Å². The molecule has 0 saturated carbocycles. The Bertz CT molecular complexity index is 411. The molecule has 0 aliphatic carbocycles. The lowest BCUT2D eigenvalue weighted by Gasteiger charge is -2.01. The monoisotopic (exact) mass is 214 g/mol. The summed E-state index contributed by atoms with van der Waals surface area (Å²) in [5, 5.41) is 7.37. The molecule has 0 radical (unpaired) electrons. The second-order valence-electron chi connectivity index (χ2n) is 2.69. The standard InChI is InChI=1S/C8H10N2O3S/c9-14(12,13)8-3-1-7(2-4-8)5-10-6-11/h1-4,6H,5H2,(H,10,11)(H2,9,12,13). The van der Waals surface area contributed by atoms with Crippen molar-refractivity contribution in [2.45, 2.75) is 11.4 Å². The van der Waals surface area contributed by atoms with E-state index in [0.29, 0.717) is 13.0 Å². The number of carbonyl (C=O) groups is 1. The summed E-state index contributed by atoms with van der Waals surface area (Å²) >= 11 is 0. The third kappa shape index (κ3) is 2.82. The second kappa shape index (κ2) is 4.21. The molecule has 1 aromatic carbocycles. The molecule has 5 nitrogen and oxygen atoms in total. The Labute approximate surface area is 82.0 Å². The van der Waals surface area contributed by atoms with Crippen molar-refractivity contribution >= 4 is 16.4 Å². The molecule has 3 N–H and O–H groups in total. The van der Waals surface area contributed by atoms with Gasteiger partial charge in [0.05, 0.1) is 4.90 Å². The van der Waals surface area contributed by atoms with Crippen LogP contribution in [0.1, 0.15) is 5.56 Å². The van der Waals surface area contributed by atoms with Crippen molar-refractivity contribution in [2.75, 3.05) is 0 Å². The molecular formula is C8H10N2O3S. The van der Waals surface area contributed by atoms with Gasteiger partial charge in [-0.1, -0.05) is 12.1 Å². The highest BCUT2D eigenvalue weighted by Crippen LogP contribution is 2.08. The number of nitrogens with one attached hydrogen (secondary N) is 1. The van der Waals surface area contributed by atoms with Crippen molar-refractivity contribution in [1.29, 1.82) is 0 Å². The van der Waals surface area contributed by atoms with Crippen molar-refractivity contribution in [3.05, 3.63) is 29.8 Å². The lowest BCUT2D eigenvalue weighted by Crippen LogP contribution is -2.13. The minimum Gasteiger partial charge on any atom is -0.355 e. The molecule has 1 amide bonds. The Kier molecular flexibility index (Phi) is 3.21. The van der Waals surface area contributed by atoms with Crippen LogP contribution in [-0.4, -0.2) is 14.8 Å². The van der Waals surface area contributed by atoms with Crippen molar-refractivity contribution in [3.8, 4) is 0 Å². The van der Waals surface area contributed by atoms with Gasteiger partial charge in [0, 0.05) is 6.54 Å². The SMILES string of the molecule is NS(=O)(=O)c1ccc(CNC=O)cc1. The molecule has 0 heterocycles. The largest absolute Gasteiger partial charge is 0.355 e. The van der Waals surface area contributed by atoms with E-state index in [-0.39, 0.29) is 4.90 Å². The van der Waals surface area contributed by atoms with Gasteiger partial charge >= 0.3 is 0 Å². The van der Waals surface area contributed by atoms with E-state index in [9.17, 15) is 13.2 Å². The second-order valence-corrected chi connectivity index (χ2v) is 4.25. The fourth-order valence-corrected chi connectivity index (χ4v) is 1.47. The summed E-state index contributed by atoms with van der Waals surface area (Å²) in [6, 6.07) is 5.99. The molecule has 0 aliphatic rings. The lowest BCUT2D eigenvalue weighted by molar-refractivity contribution is -0.109. The molecule has 14 heavy (non-hydrogen) atoms. The smallest absolute Gasteiger partial charge is 0.238 e. The van der Waals surface area contributed by atoms with Crippen LogP contribution in [0.15, 0.2) is 29.2 Å². The molecule has 0 atom stereocenters. The number of rotatable bonds is 4. The predicted octanol–water partition coefficient (Wildman–Crippen LogP) is -0.420. The zero-order valence-electron chi connectivity index (χ0n) is 7.30. The predicted molar refractivity (Wildman–Crippen MR) is 50.7 cm³/mol. The van der Waals surface area contributed by atoms with E-state index in [1.165, 1.54) is 12.1 Å². The number of hydrogen-bond acceptors (Lipinski definition) is 3. The number of sulfonamides is 1. The molecule has 0 bridgehead atoms. The molecule has 1 rings (SSSR count). The highest BCUT2D eigenvalue weighted by molar-refractivity contribution is 7.89. The molecule has 0 aliphatic heterocycles. The van der Waals surface area contributed by atoms with Gasteiger partial charge in [-0.25, -0.2) is 13.6 Å². The first-order valence-corrected chi connectivity index (χ1v) is 5.37. The highest BCUT2D eigenvalue weighted by atomic mass is 32.2. The van der Waals surface area contributed by atoms with Gasteiger partial charge in [-0.3, -0.25) is 4.79 Å². The number of nitrogens with two attached hydrogens (primary N) is 1. The normalized spacial score (nSPS) is 10.9. The van der Waals surface area contributed by atoms with E-state index >= 15 is 0 Å². The first-order valence-electron chi connectivity index (χ1n) is 3.83. The maximum atomic E-state index is 10.9. The van der Waals surface area contributed by atoms with Crippen LogP contribution in [-0.2, 0) is 21.4 Å². The number of hydrogen-bond donors (Lipinski definition) is 2.